The van der Waals surface area contributed by atoms with Gasteiger partial charge in [0, 0.05) is 29.4 Å². The molecule has 1 aromatic carbocycles. The van der Waals surface area contributed by atoms with Crippen LogP contribution >= 0.6 is 11.8 Å². The van der Waals surface area contributed by atoms with Crippen molar-refractivity contribution in [2.75, 3.05) is 29.5 Å². The number of fused-ring (bicyclic) bond motifs is 1. The van der Waals surface area contributed by atoms with Crippen LogP contribution in [0.1, 0.15) is 26.7 Å². The Labute approximate surface area is 119 Å². The van der Waals surface area contributed by atoms with Crippen LogP contribution in [0, 0.1) is 0 Å². The van der Waals surface area contributed by atoms with E-state index in [4.69, 9.17) is 10.5 Å². The highest BCUT2D eigenvalue weighted by atomic mass is 32.2. The molecule has 1 saturated heterocycles. The molecule has 4 heteroatoms. The van der Waals surface area contributed by atoms with Gasteiger partial charge in [0.05, 0.1) is 17.4 Å². The van der Waals surface area contributed by atoms with Gasteiger partial charge in [-0.05, 0) is 44.9 Å². The molecule has 2 aliphatic rings. The molecule has 1 aromatic rings. The summed E-state index contributed by atoms with van der Waals surface area (Å²) in [7, 11) is 0. The van der Waals surface area contributed by atoms with Gasteiger partial charge in [-0.15, -0.1) is 11.8 Å². The standard InChI is InChI=1S/C15H22N2OS/c1-15(2)6-5-12(18-15)10-17-7-8-19-14-4-3-11(16)9-13(14)17/h3-4,9,12H,5-8,10,16H2,1-2H3. The summed E-state index contributed by atoms with van der Waals surface area (Å²) in [5.41, 5.74) is 8.11. The highest BCUT2D eigenvalue weighted by Crippen LogP contribution is 2.37. The van der Waals surface area contributed by atoms with Crippen LogP contribution in [-0.4, -0.2) is 30.5 Å². The van der Waals surface area contributed by atoms with Crippen molar-refractivity contribution in [1.29, 1.82) is 0 Å². The van der Waals surface area contributed by atoms with Crippen molar-refractivity contribution in [1.82, 2.24) is 0 Å². The maximum Gasteiger partial charge on any atom is 0.0758 e. The lowest BCUT2D eigenvalue weighted by molar-refractivity contribution is -0.0115. The molecule has 1 unspecified atom stereocenters. The molecule has 2 N–H and O–H groups in total. The van der Waals surface area contributed by atoms with Crippen molar-refractivity contribution < 1.29 is 4.74 Å². The number of thioether (sulfide) groups is 1. The number of anilines is 2. The van der Waals surface area contributed by atoms with E-state index in [-0.39, 0.29) is 5.60 Å². The van der Waals surface area contributed by atoms with E-state index in [2.05, 4.69) is 30.9 Å². The van der Waals surface area contributed by atoms with Crippen LogP contribution in [0.15, 0.2) is 23.1 Å². The van der Waals surface area contributed by atoms with Gasteiger partial charge in [0.1, 0.15) is 0 Å². The lowest BCUT2D eigenvalue weighted by Crippen LogP contribution is -2.37. The van der Waals surface area contributed by atoms with Gasteiger partial charge in [0.15, 0.2) is 0 Å². The van der Waals surface area contributed by atoms with Crippen LogP contribution in [0.2, 0.25) is 0 Å². The van der Waals surface area contributed by atoms with Crippen LogP contribution in [-0.2, 0) is 4.74 Å². The summed E-state index contributed by atoms with van der Waals surface area (Å²) >= 11 is 1.92. The van der Waals surface area contributed by atoms with Gasteiger partial charge in [-0.1, -0.05) is 0 Å². The minimum atomic E-state index is 0.0494. The minimum Gasteiger partial charge on any atom is -0.399 e. The van der Waals surface area contributed by atoms with Gasteiger partial charge in [0.25, 0.3) is 0 Å². The highest BCUT2D eigenvalue weighted by Gasteiger charge is 2.33. The second-order valence-corrected chi connectivity index (χ2v) is 7.20. The first kappa shape index (κ1) is 13.1. The number of benzene rings is 1. The topological polar surface area (TPSA) is 38.5 Å². The smallest absolute Gasteiger partial charge is 0.0758 e. The van der Waals surface area contributed by atoms with E-state index in [1.165, 1.54) is 10.6 Å². The summed E-state index contributed by atoms with van der Waals surface area (Å²) in [6.07, 6.45) is 2.67. The van der Waals surface area contributed by atoms with Gasteiger partial charge in [-0.25, -0.2) is 0 Å². The van der Waals surface area contributed by atoms with Crippen LogP contribution in [0.3, 0.4) is 0 Å². The Balaban J connectivity index is 1.75. The summed E-state index contributed by atoms with van der Waals surface area (Å²) in [5.74, 6) is 1.15. The second-order valence-electron chi connectivity index (χ2n) is 6.06. The molecule has 3 nitrogen and oxygen atoms in total. The quantitative estimate of drug-likeness (QED) is 0.844. The Hall–Kier alpha value is -0.870. The zero-order chi connectivity index (χ0) is 13.5. The lowest BCUT2D eigenvalue weighted by atomic mass is 10.1. The monoisotopic (exact) mass is 278 g/mol. The Morgan fingerprint density at radius 1 is 1.47 bits per heavy atom. The minimum absolute atomic E-state index is 0.0494. The van der Waals surface area contributed by atoms with Gasteiger partial charge in [0.2, 0.25) is 0 Å². The van der Waals surface area contributed by atoms with Crippen molar-refractivity contribution >= 4 is 23.1 Å². The largest absolute Gasteiger partial charge is 0.399 e. The fourth-order valence-electron chi connectivity index (χ4n) is 2.93. The number of hydrogen-bond acceptors (Lipinski definition) is 4. The van der Waals surface area contributed by atoms with E-state index < -0.39 is 0 Å². The van der Waals surface area contributed by atoms with Crippen molar-refractivity contribution in [3.63, 3.8) is 0 Å². The summed E-state index contributed by atoms with van der Waals surface area (Å²) in [4.78, 5) is 3.78. The third kappa shape index (κ3) is 2.84. The maximum atomic E-state index is 6.12. The average molecular weight is 278 g/mol. The Morgan fingerprint density at radius 2 is 2.32 bits per heavy atom. The highest BCUT2D eigenvalue weighted by molar-refractivity contribution is 7.99. The molecule has 0 amide bonds. The fraction of sp³-hybridized carbons (Fsp3) is 0.600. The molecule has 0 spiro atoms. The molecule has 0 saturated carbocycles. The number of rotatable bonds is 2. The van der Waals surface area contributed by atoms with Crippen molar-refractivity contribution in [3.05, 3.63) is 18.2 Å². The Kier molecular flexibility index (Phi) is 3.39. The SMILES string of the molecule is CC1(C)CCC(CN2CCSc3ccc(N)cc32)O1. The summed E-state index contributed by atoms with van der Waals surface area (Å²) in [5, 5.41) is 0. The van der Waals surface area contributed by atoms with Gasteiger partial charge in [-0.3, -0.25) is 0 Å². The maximum absolute atomic E-state index is 6.12. The van der Waals surface area contributed by atoms with Crippen LogP contribution in [0.4, 0.5) is 11.4 Å². The second kappa shape index (κ2) is 4.91. The molecule has 2 aliphatic heterocycles. The number of hydrogen-bond donors (Lipinski definition) is 1. The van der Waals surface area contributed by atoms with E-state index in [0.29, 0.717) is 6.10 Å². The zero-order valence-electron chi connectivity index (χ0n) is 11.7. The van der Waals surface area contributed by atoms with Crippen LogP contribution < -0.4 is 10.6 Å². The number of ether oxygens (including phenoxy) is 1. The first-order chi connectivity index (χ1) is 9.03. The summed E-state index contributed by atoms with van der Waals surface area (Å²) in [6, 6.07) is 6.23. The predicted octanol–water partition coefficient (Wildman–Crippen LogP) is 3.14. The van der Waals surface area contributed by atoms with Crippen molar-refractivity contribution in [2.45, 2.75) is 43.3 Å². The van der Waals surface area contributed by atoms with E-state index in [9.17, 15) is 0 Å². The summed E-state index contributed by atoms with van der Waals surface area (Å²) in [6.45, 7) is 6.44. The molecule has 1 fully saturated rings. The molecule has 2 heterocycles. The van der Waals surface area contributed by atoms with Crippen LogP contribution in [0.25, 0.3) is 0 Å². The molecule has 0 bridgehead atoms. The predicted molar refractivity (Wildman–Crippen MR) is 82.0 cm³/mol. The van der Waals surface area contributed by atoms with E-state index in [1.807, 2.05) is 17.8 Å². The number of nitrogens with zero attached hydrogens (tertiary/aromatic N) is 1. The normalized spacial score (nSPS) is 25.4. The first-order valence-electron chi connectivity index (χ1n) is 6.99. The number of nitrogen functional groups attached to an aromatic ring is 1. The molecular weight excluding hydrogens is 256 g/mol. The van der Waals surface area contributed by atoms with E-state index >= 15 is 0 Å². The molecule has 1 atom stereocenters. The van der Waals surface area contributed by atoms with Gasteiger partial charge >= 0.3 is 0 Å². The zero-order valence-corrected chi connectivity index (χ0v) is 12.5. The lowest BCUT2D eigenvalue weighted by Gasteiger charge is -2.33. The third-order valence-corrected chi connectivity index (χ3v) is 4.96. The fourth-order valence-corrected chi connectivity index (χ4v) is 3.96. The molecule has 0 radical (unpaired) electrons. The number of nitrogens with two attached hydrogens (primary N) is 1. The van der Waals surface area contributed by atoms with Crippen LogP contribution in [0.5, 0.6) is 0 Å². The third-order valence-electron chi connectivity index (χ3n) is 3.92. The van der Waals surface area contributed by atoms with E-state index in [0.717, 1.165) is 37.4 Å². The average Bonchev–Trinajstić information content (AvgIpc) is 2.69. The molecule has 3 rings (SSSR count). The van der Waals surface area contributed by atoms with E-state index in [1.54, 1.807) is 0 Å². The van der Waals surface area contributed by atoms with Gasteiger partial charge in [-0.2, -0.15) is 0 Å². The molecular formula is C15H22N2OS. The molecule has 19 heavy (non-hydrogen) atoms. The summed E-state index contributed by atoms with van der Waals surface area (Å²) < 4.78 is 6.12. The van der Waals surface area contributed by atoms with Crippen molar-refractivity contribution in [3.8, 4) is 0 Å². The molecule has 0 aromatic heterocycles. The Morgan fingerprint density at radius 3 is 3.05 bits per heavy atom. The molecule has 0 aliphatic carbocycles. The van der Waals surface area contributed by atoms with Gasteiger partial charge < -0.3 is 15.4 Å². The first-order valence-corrected chi connectivity index (χ1v) is 7.97. The molecule has 104 valence electrons. The Bertz CT molecular complexity index is 475. The van der Waals surface area contributed by atoms with Crippen molar-refractivity contribution in [2.24, 2.45) is 0 Å².